The van der Waals surface area contributed by atoms with Gasteiger partial charge in [0.2, 0.25) is 0 Å². The molecule has 0 N–H and O–H groups in total. The van der Waals surface area contributed by atoms with Crippen LogP contribution in [0.1, 0.15) is 0 Å². The van der Waals surface area contributed by atoms with Gasteiger partial charge in [-0.15, -0.1) is 0 Å². The van der Waals surface area contributed by atoms with E-state index in [1.54, 1.807) is 0 Å². The monoisotopic (exact) mass is 752 g/mol. The number of furan rings is 1. The predicted molar refractivity (Wildman–Crippen MR) is 249 cm³/mol. The maximum absolute atomic E-state index is 6.92. The normalized spacial score (nSPS) is 11.7. The number of nitrogens with zero attached hydrogens (tertiary/aromatic N) is 2. The highest BCUT2D eigenvalue weighted by molar-refractivity contribution is 6.15. The van der Waals surface area contributed by atoms with Crippen molar-refractivity contribution >= 4 is 82.4 Å². The first-order valence-electron chi connectivity index (χ1n) is 20.2. The van der Waals surface area contributed by atoms with E-state index in [9.17, 15) is 0 Å². The third-order valence-corrected chi connectivity index (χ3v) is 11.9. The van der Waals surface area contributed by atoms with Crippen LogP contribution in [0.25, 0.3) is 93.2 Å². The first-order valence-corrected chi connectivity index (χ1v) is 20.2. The molecule has 0 saturated carbocycles. The molecule has 0 bridgehead atoms. The molecule has 0 aliphatic carbocycles. The molecule has 276 valence electrons. The maximum atomic E-state index is 6.92. The first kappa shape index (κ1) is 33.3. The van der Waals surface area contributed by atoms with Gasteiger partial charge in [-0.25, -0.2) is 0 Å². The molecule has 0 radical (unpaired) electrons. The number of hydrogen-bond donors (Lipinski definition) is 0. The minimum Gasteiger partial charge on any atom is -0.455 e. The average Bonchev–Trinajstić information content (AvgIpc) is 3.85. The molecule has 3 nitrogen and oxygen atoms in total. The SMILES string of the molecule is c1ccc(N(c2cccc(-c3cc4ccccc4c4ccccc34)c2)c2ccc3c(oc4ccccc43)c2-c2cccc(-n3c4ccccc4c4ccccc43)c2)cc1. The zero-order valence-electron chi connectivity index (χ0n) is 32.1. The number of hydrogen-bond acceptors (Lipinski definition) is 2. The standard InChI is InChI=1S/C56H36N2O/c1-2-19-40(20-3-1)57(41-21-14-17-37(34-41)50-36-38-16-4-5-23-43(38)44-24-6-7-25-45(44)50)53-33-32-49-48-28-10-13-31-54(48)59-56(49)55(53)39-18-15-22-42(35-39)58-51-29-11-8-26-46(51)47-27-9-12-30-52(47)58/h1-36H. The summed E-state index contributed by atoms with van der Waals surface area (Å²) in [7, 11) is 0. The quantitative estimate of drug-likeness (QED) is 0.158. The van der Waals surface area contributed by atoms with E-state index < -0.39 is 0 Å². The van der Waals surface area contributed by atoms with E-state index in [1.807, 2.05) is 6.07 Å². The smallest absolute Gasteiger partial charge is 0.145 e. The van der Waals surface area contributed by atoms with Crippen LogP contribution in [-0.4, -0.2) is 4.57 Å². The fraction of sp³-hybridized carbons (Fsp3) is 0. The van der Waals surface area contributed by atoms with Crippen LogP contribution in [0, 0.1) is 0 Å². The summed E-state index contributed by atoms with van der Waals surface area (Å²) in [5.41, 5.74) is 12.8. The highest BCUT2D eigenvalue weighted by atomic mass is 16.3. The summed E-state index contributed by atoms with van der Waals surface area (Å²) in [6.07, 6.45) is 0. The summed E-state index contributed by atoms with van der Waals surface area (Å²) in [6, 6.07) is 78.7. The molecule has 2 heterocycles. The van der Waals surface area contributed by atoms with Crippen molar-refractivity contribution in [3.63, 3.8) is 0 Å². The van der Waals surface area contributed by atoms with E-state index in [2.05, 4.69) is 222 Å². The molecule has 12 rings (SSSR count). The summed E-state index contributed by atoms with van der Waals surface area (Å²) in [5, 5.41) is 9.66. The number of aromatic nitrogens is 1. The van der Waals surface area contributed by atoms with Crippen molar-refractivity contribution in [1.29, 1.82) is 0 Å². The van der Waals surface area contributed by atoms with Crippen molar-refractivity contribution in [2.24, 2.45) is 0 Å². The number of benzene rings is 10. The Hall–Kier alpha value is -7.88. The van der Waals surface area contributed by atoms with Crippen molar-refractivity contribution in [3.8, 4) is 27.9 Å². The highest BCUT2D eigenvalue weighted by Gasteiger charge is 2.24. The van der Waals surface area contributed by atoms with Gasteiger partial charge in [-0.05, 0) is 111 Å². The van der Waals surface area contributed by atoms with E-state index >= 15 is 0 Å². The van der Waals surface area contributed by atoms with Crippen molar-refractivity contribution in [3.05, 3.63) is 218 Å². The lowest BCUT2D eigenvalue weighted by atomic mass is 9.93. The van der Waals surface area contributed by atoms with E-state index in [4.69, 9.17) is 4.42 Å². The molecule has 0 aliphatic heterocycles. The first-order chi connectivity index (χ1) is 29.3. The zero-order chi connectivity index (χ0) is 38.9. The Labute approximate surface area is 341 Å². The Bertz CT molecular complexity index is 3520. The largest absolute Gasteiger partial charge is 0.455 e. The second-order valence-electron chi connectivity index (χ2n) is 15.3. The summed E-state index contributed by atoms with van der Waals surface area (Å²) < 4.78 is 9.31. The Morgan fingerprint density at radius 1 is 0.373 bits per heavy atom. The van der Waals surface area contributed by atoms with Crippen LogP contribution < -0.4 is 4.90 Å². The third-order valence-electron chi connectivity index (χ3n) is 11.9. The molecule has 0 atom stereocenters. The van der Waals surface area contributed by atoms with Crippen molar-refractivity contribution < 1.29 is 4.42 Å². The Morgan fingerprint density at radius 2 is 0.983 bits per heavy atom. The van der Waals surface area contributed by atoms with Gasteiger partial charge in [-0.3, -0.25) is 0 Å². The molecule has 0 unspecified atom stereocenters. The summed E-state index contributed by atoms with van der Waals surface area (Å²) in [5.74, 6) is 0. The number of rotatable bonds is 6. The van der Waals surface area contributed by atoms with E-state index in [0.717, 1.165) is 61.4 Å². The topological polar surface area (TPSA) is 21.3 Å². The van der Waals surface area contributed by atoms with Gasteiger partial charge in [0.15, 0.2) is 0 Å². The van der Waals surface area contributed by atoms with Gasteiger partial charge < -0.3 is 13.9 Å². The Morgan fingerprint density at radius 3 is 1.78 bits per heavy atom. The van der Waals surface area contributed by atoms with Gasteiger partial charge in [-0.2, -0.15) is 0 Å². The van der Waals surface area contributed by atoms with E-state index in [0.29, 0.717) is 0 Å². The lowest BCUT2D eigenvalue weighted by molar-refractivity contribution is 0.670. The van der Waals surface area contributed by atoms with Crippen molar-refractivity contribution in [2.75, 3.05) is 4.90 Å². The second-order valence-corrected chi connectivity index (χ2v) is 15.3. The molecule has 10 aromatic carbocycles. The Kier molecular flexibility index (Phi) is 7.54. The molecular weight excluding hydrogens is 717 g/mol. The molecule has 0 aliphatic rings. The molecule has 0 spiro atoms. The molecule has 3 heteroatoms. The van der Waals surface area contributed by atoms with Gasteiger partial charge in [0, 0.05) is 44.2 Å². The number of para-hydroxylation sites is 4. The molecule has 0 fully saturated rings. The van der Waals surface area contributed by atoms with E-state index in [1.165, 1.54) is 48.9 Å². The minimum atomic E-state index is 0.862. The van der Waals surface area contributed by atoms with Crippen LogP contribution in [-0.2, 0) is 0 Å². The zero-order valence-corrected chi connectivity index (χ0v) is 32.1. The molecule has 59 heavy (non-hydrogen) atoms. The van der Waals surface area contributed by atoms with Crippen LogP contribution in [0.15, 0.2) is 223 Å². The fourth-order valence-electron chi connectivity index (χ4n) is 9.35. The fourth-order valence-corrected chi connectivity index (χ4v) is 9.35. The van der Waals surface area contributed by atoms with Gasteiger partial charge in [0.05, 0.1) is 16.7 Å². The van der Waals surface area contributed by atoms with Crippen LogP contribution in [0.3, 0.4) is 0 Å². The van der Waals surface area contributed by atoms with Gasteiger partial charge in [-0.1, -0.05) is 146 Å². The molecule has 2 aromatic heterocycles. The molecule has 12 aromatic rings. The summed E-state index contributed by atoms with van der Waals surface area (Å²) in [4.78, 5) is 2.39. The van der Waals surface area contributed by atoms with Crippen LogP contribution in [0.5, 0.6) is 0 Å². The second kappa shape index (κ2) is 13.4. The average molecular weight is 753 g/mol. The van der Waals surface area contributed by atoms with Crippen molar-refractivity contribution in [2.45, 2.75) is 0 Å². The maximum Gasteiger partial charge on any atom is 0.145 e. The molecule has 0 amide bonds. The van der Waals surface area contributed by atoms with Gasteiger partial charge in [0.1, 0.15) is 11.2 Å². The third kappa shape index (κ3) is 5.29. The number of fused-ring (bicyclic) bond motifs is 9. The summed E-state index contributed by atoms with van der Waals surface area (Å²) in [6.45, 7) is 0. The molecular formula is C56H36N2O. The van der Waals surface area contributed by atoms with Gasteiger partial charge >= 0.3 is 0 Å². The van der Waals surface area contributed by atoms with Crippen LogP contribution in [0.4, 0.5) is 17.1 Å². The minimum absolute atomic E-state index is 0.862. The van der Waals surface area contributed by atoms with Gasteiger partial charge in [0.25, 0.3) is 0 Å². The van der Waals surface area contributed by atoms with Crippen LogP contribution >= 0.6 is 0 Å². The van der Waals surface area contributed by atoms with E-state index in [-0.39, 0.29) is 0 Å². The van der Waals surface area contributed by atoms with Crippen molar-refractivity contribution in [1.82, 2.24) is 4.57 Å². The lowest BCUT2D eigenvalue weighted by Crippen LogP contribution is -2.11. The Balaban J connectivity index is 1.12. The predicted octanol–water partition coefficient (Wildman–Crippen LogP) is 15.8. The summed E-state index contributed by atoms with van der Waals surface area (Å²) >= 11 is 0. The highest BCUT2D eigenvalue weighted by Crippen LogP contribution is 2.48. The number of anilines is 3. The molecule has 0 saturated heterocycles. The van der Waals surface area contributed by atoms with Crippen LogP contribution in [0.2, 0.25) is 0 Å². The lowest BCUT2D eigenvalue weighted by Gasteiger charge is -2.28.